The van der Waals surface area contributed by atoms with Crippen molar-refractivity contribution >= 4 is 17.6 Å². The fourth-order valence-corrected chi connectivity index (χ4v) is 1.96. The molecule has 6 heteroatoms. The van der Waals surface area contributed by atoms with Crippen LogP contribution in [-0.4, -0.2) is 35.9 Å². The van der Waals surface area contributed by atoms with Gasteiger partial charge in [0.2, 0.25) is 5.91 Å². The van der Waals surface area contributed by atoms with E-state index in [4.69, 9.17) is 0 Å². The van der Waals surface area contributed by atoms with E-state index in [1.54, 1.807) is 18.3 Å². The minimum Gasteiger partial charge on any atom is -0.370 e. The van der Waals surface area contributed by atoms with E-state index < -0.39 is 0 Å². The number of amides is 2. The van der Waals surface area contributed by atoms with Crippen LogP contribution in [0.3, 0.4) is 0 Å². The molecule has 1 aromatic rings. The van der Waals surface area contributed by atoms with Crippen molar-refractivity contribution in [3.63, 3.8) is 0 Å². The fraction of sp³-hybridized carbons (Fsp3) is 0.462. The molecule has 2 amide bonds. The first-order valence-corrected chi connectivity index (χ1v) is 6.46. The monoisotopic (exact) mass is 262 g/mol. The lowest BCUT2D eigenvalue weighted by Gasteiger charge is -2.11. The molecule has 0 bridgehead atoms. The quantitative estimate of drug-likeness (QED) is 0.722. The Morgan fingerprint density at radius 3 is 2.95 bits per heavy atom. The van der Waals surface area contributed by atoms with Crippen molar-refractivity contribution in [2.45, 2.75) is 25.8 Å². The number of anilines is 1. The molecule has 1 unspecified atom stereocenters. The second-order valence-corrected chi connectivity index (χ2v) is 4.48. The van der Waals surface area contributed by atoms with E-state index in [2.05, 4.69) is 20.9 Å². The van der Waals surface area contributed by atoms with E-state index in [0.29, 0.717) is 18.5 Å². The summed E-state index contributed by atoms with van der Waals surface area (Å²) in [6.45, 7) is 3.23. The highest BCUT2D eigenvalue weighted by atomic mass is 16.2. The predicted molar refractivity (Wildman–Crippen MR) is 71.9 cm³/mol. The third-order valence-corrected chi connectivity index (χ3v) is 2.98. The number of carbonyl (C=O) groups excluding carboxylic acids is 2. The first-order chi connectivity index (χ1) is 9.19. The predicted octanol–water partition coefficient (Wildman–Crippen LogP) is 0.522. The summed E-state index contributed by atoms with van der Waals surface area (Å²) in [6.07, 6.45) is 2.86. The molecular weight excluding hydrogens is 244 g/mol. The lowest BCUT2D eigenvalue weighted by Crippen LogP contribution is -2.38. The first-order valence-electron chi connectivity index (χ1n) is 6.46. The molecule has 0 radical (unpaired) electrons. The minimum atomic E-state index is -0.170. The van der Waals surface area contributed by atoms with Gasteiger partial charge in [0.1, 0.15) is 5.82 Å². The third-order valence-electron chi connectivity index (χ3n) is 2.98. The summed E-state index contributed by atoms with van der Waals surface area (Å²) >= 11 is 0. The van der Waals surface area contributed by atoms with Crippen molar-refractivity contribution in [3.8, 4) is 0 Å². The van der Waals surface area contributed by atoms with Gasteiger partial charge in [-0.2, -0.15) is 0 Å². The lowest BCUT2D eigenvalue weighted by molar-refractivity contribution is -0.119. The molecule has 19 heavy (non-hydrogen) atoms. The van der Waals surface area contributed by atoms with E-state index in [1.165, 1.54) is 0 Å². The number of nitrogens with zero attached hydrogens (tertiary/aromatic N) is 1. The second-order valence-electron chi connectivity index (χ2n) is 4.48. The molecule has 1 aromatic heterocycles. The van der Waals surface area contributed by atoms with Crippen LogP contribution in [0.25, 0.3) is 0 Å². The van der Waals surface area contributed by atoms with Crippen molar-refractivity contribution in [1.29, 1.82) is 0 Å². The number of hydrogen-bond donors (Lipinski definition) is 3. The highest BCUT2D eigenvalue weighted by molar-refractivity contribution is 5.94. The Balaban J connectivity index is 1.83. The van der Waals surface area contributed by atoms with Crippen molar-refractivity contribution in [1.82, 2.24) is 15.6 Å². The molecule has 1 atom stereocenters. The zero-order valence-electron chi connectivity index (χ0n) is 10.9. The van der Waals surface area contributed by atoms with Crippen LogP contribution in [0, 0.1) is 0 Å². The maximum Gasteiger partial charge on any atom is 0.252 e. The summed E-state index contributed by atoms with van der Waals surface area (Å²) < 4.78 is 0. The number of hydrogen-bond acceptors (Lipinski definition) is 4. The Hall–Kier alpha value is -2.11. The van der Waals surface area contributed by atoms with Gasteiger partial charge in [-0.1, -0.05) is 0 Å². The summed E-state index contributed by atoms with van der Waals surface area (Å²) in [5, 5.41) is 8.67. The van der Waals surface area contributed by atoms with Gasteiger partial charge >= 0.3 is 0 Å². The number of nitrogens with one attached hydrogen (secondary N) is 3. The van der Waals surface area contributed by atoms with Gasteiger partial charge in [0.05, 0.1) is 5.56 Å². The van der Waals surface area contributed by atoms with Gasteiger partial charge in [-0.05, 0) is 25.5 Å². The SMILES string of the molecule is CCNc1ccc(C(=O)NCC2CCC(=O)N2)cn1. The van der Waals surface area contributed by atoms with Gasteiger partial charge in [0.15, 0.2) is 0 Å². The molecule has 3 N–H and O–H groups in total. The zero-order chi connectivity index (χ0) is 13.7. The maximum absolute atomic E-state index is 11.9. The molecule has 0 aromatic carbocycles. The first kappa shape index (κ1) is 13.3. The fourth-order valence-electron chi connectivity index (χ4n) is 1.96. The molecular formula is C13H18N4O2. The zero-order valence-corrected chi connectivity index (χ0v) is 10.9. The number of rotatable bonds is 5. The molecule has 1 aliphatic rings. The Bertz CT molecular complexity index is 458. The molecule has 6 nitrogen and oxygen atoms in total. The molecule has 2 heterocycles. The summed E-state index contributed by atoms with van der Waals surface area (Å²) in [4.78, 5) is 27.0. The van der Waals surface area contributed by atoms with Crippen LogP contribution in [0.2, 0.25) is 0 Å². The van der Waals surface area contributed by atoms with Crippen molar-refractivity contribution in [3.05, 3.63) is 23.9 Å². The number of aromatic nitrogens is 1. The standard InChI is InChI=1S/C13H18N4O2/c1-2-14-11-5-3-9(7-15-11)13(19)16-8-10-4-6-12(18)17-10/h3,5,7,10H,2,4,6,8H2,1H3,(H,14,15)(H,16,19)(H,17,18). The van der Waals surface area contributed by atoms with Gasteiger partial charge in [-0.15, -0.1) is 0 Å². The lowest BCUT2D eigenvalue weighted by atomic mass is 10.2. The van der Waals surface area contributed by atoms with E-state index >= 15 is 0 Å². The van der Waals surface area contributed by atoms with E-state index in [0.717, 1.165) is 18.8 Å². The second kappa shape index (κ2) is 6.17. The van der Waals surface area contributed by atoms with Gasteiger partial charge in [-0.3, -0.25) is 9.59 Å². The van der Waals surface area contributed by atoms with Crippen LogP contribution in [0.1, 0.15) is 30.1 Å². The van der Waals surface area contributed by atoms with Gasteiger partial charge < -0.3 is 16.0 Å². The van der Waals surface area contributed by atoms with E-state index in [1.807, 2.05) is 6.92 Å². The summed E-state index contributed by atoms with van der Waals surface area (Å²) in [5.41, 5.74) is 0.519. The molecule has 0 aliphatic carbocycles. The summed E-state index contributed by atoms with van der Waals surface area (Å²) in [5.74, 6) is 0.634. The van der Waals surface area contributed by atoms with Crippen molar-refractivity contribution in [2.75, 3.05) is 18.4 Å². The molecule has 2 rings (SSSR count). The van der Waals surface area contributed by atoms with Crippen LogP contribution in [0.4, 0.5) is 5.82 Å². The highest BCUT2D eigenvalue weighted by Crippen LogP contribution is 2.07. The molecule has 102 valence electrons. The van der Waals surface area contributed by atoms with Crippen LogP contribution in [-0.2, 0) is 4.79 Å². The van der Waals surface area contributed by atoms with Gasteiger partial charge in [0, 0.05) is 31.7 Å². The average molecular weight is 262 g/mol. The Morgan fingerprint density at radius 1 is 1.53 bits per heavy atom. The van der Waals surface area contributed by atoms with Crippen LogP contribution >= 0.6 is 0 Å². The topological polar surface area (TPSA) is 83.1 Å². The molecule has 1 saturated heterocycles. The van der Waals surface area contributed by atoms with Gasteiger partial charge in [-0.25, -0.2) is 4.98 Å². The largest absolute Gasteiger partial charge is 0.370 e. The smallest absolute Gasteiger partial charge is 0.252 e. The van der Waals surface area contributed by atoms with Crippen LogP contribution in [0.5, 0.6) is 0 Å². The van der Waals surface area contributed by atoms with Gasteiger partial charge in [0.25, 0.3) is 5.91 Å². The Morgan fingerprint density at radius 2 is 2.37 bits per heavy atom. The maximum atomic E-state index is 11.9. The minimum absolute atomic E-state index is 0.0467. The van der Waals surface area contributed by atoms with Crippen LogP contribution < -0.4 is 16.0 Å². The average Bonchev–Trinajstić information content (AvgIpc) is 2.83. The van der Waals surface area contributed by atoms with Crippen molar-refractivity contribution in [2.24, 2.45) is 0 Å². The molecule has 1 fully saturated rings. The van der Waals surface area contributed by atoms with E-state index in [-0.39, 0.29) is 17.9 Å². The normalized spacial score (nSPS) is 17.9. The summed E-state index contributed by atoms with van der Waals surface area (Å²) in [7, 11) is 0. The Labute approximate surface area is 112 Å². The molecule has 0 saturated carbocycles. The number of carbonyl (C=O) groups is 2. The molecule has 0 spiro atoms. The van der Waals surface area contributed by atoms with E-state index in [9.17, 15) is 9.59 Å². The van der Waals surface area contributed by atoms with Crippen LogP contribution in [0.15, 0.2) is 18.3 Å². The molecule has 1 aliphatic heterocycles. The highest BCUT2D eigenvalue weighted by Gasteiger charge is 2.21. The van der Waals surface area contributed by atoms with Crippen molar-refractivity contribution < 1.29 is 9.59 Å². The number of pyridine rings is 1. The third kappa shape index (κ3) is 3.67. The summed E-state index contributed by atoms with van der Waals surface area (Å²) in [6, 6.07) is 3.55. The Kier molecular flexibility index (Phi) is 4.33.